The van der Waals surface area contributed by atoms with Crippen molar-refractivity contribution in [2.24, 2.45) is 0 Å². The summed E-state index contributed by atoms with van der Waals surface area (Å²) >= 11 is 1.41. The molecule has 96 valence electrons. The summed E-state index contributed by atoms with van der Waals surface area (Å²) in [4.78, 5) is 30.5. The predicted octanol–water partition coefficient (Wildman–Crippen LogP) is 1.96. The third-order valence-electron chi connectivity index (χ3n) is 3.09. The third kappa shape index (κ3) is 2.45. The topological polar surface area (TPSA) is 83.8 Å². The highest BCUT2D eigenvalue weighted by Gasteiger charge is 2.54. The summed E-state index contributed by atoms with van der Waals surface area (Å²) in [5, 5.41) is 1.70. The number of carbonyl (C=O) groups excluding carboxylic acids is 1. The Kier molecular flexibility index (Phi) is 4.15. The van der Waals surface area contributed by atoms with Crippen LogP contribution >= 0.6 is 18.9 Å². The van der Waals surface area contributed by atoms with Crippen molar-refractivity contribution in [3.63, 3.8) is 0 Å². The Morgan fingerprint density at radius 2 is 2.18 bits per heavy atom. The number of ether oxygens (including phenoxy) is 1. The van der Waals surface area contributed by atoms with Gasteiger partial charge in [-0.1, -0.05) is 6.92 Å². The number of thiophene rings is 1. The molecule has 0 radical (unpaired) electrons. The second-order valence-corrected chi connectivity index (χ2v) is 6.76. The summed E-state index contributed by atoms with van der Waals surface area (Å²) in [6, 6.07) is 1.74. The van der Waals surface area contributed by atoms with Crippen LogP contribution in [0.25, 0.3) is 0 Å². The van der Waals surface area contributed by atoms with E-state index in [1.165, 1.54) is 18.3 Å². The second kappa shape index (κ2) is 4.90. The SMILES string of the molecule is COC(=O)C(C)(C(C)c1ccsc1)P(=O)(O)O. The van der Waals surface area contributed by atoms with Crippen molar-refractivity contribution in [3.8, 4) is 0 Å². The molecule has 0 aliphatic heterocycles. The molecule has 1 rings (SSSR count). The van der Waals surface area contributed by atoms with Crippen LogP contribution in [0, 0.1) is 0 Å². The number of carbonyl (C=O) groups is 1. The molecule has 1 aromatic heterocycles. The molecule has 2 atom stereocenters. The van der Waals surface area contributed by atoms with Crippen LogP contribution in [0.1, 0.15) is 25.3 Å². The van der Waals surface area contributed by atoms with Crippen LogP contribution in [0.5, 0.6) is 0 Å². The first kappa shape index (κ1) is 14.4. The lowest BCUT2D eigenvalue weighted by Gasteiger charge is -2.32. The minimum Gasteiger partial charge on any atom is -0.468 e. The van der Waals surface area contributed by atoms with Crippen molar-refractivity contribution >= 4 is 24.9 Å². The molecular formula is C10H15O5PS. The molecule has 1 heterocycles. The van der Waals surface area contributed by atoms with Crippen molar-refractivity contribution in [1.29, 1.82) is 0 Å². The van der Waals surface area contributed by atoms with Gasteiger partial charge in [0, 0.05) is 5.92 Å². The van der Waals surface area contributed by atoms with E-state index in [-0.39, 0.29) is 0 Å². The van der Waals surface area contributed by atoms with E-state index >= 15 is 0 Å². The summed E-state index contributed by atoms with van der Waals surface area (Å²) < 4.78 is 16.1. The number of hydrogen-bond donors (Lipinski definition) is 2. The summed E-state index contributed by atoms with van der Waals surface area (Å²) in [5.41, 5.74) is 0.714. The summed E-state index contributed by atoms with van der Waals surface area (Å²) in [7, 11) is -3.51. The third-order valence-corrected chi connectivity index (χ3v) is 5.57. The van der Waals surface area contributed by atoms with E-state index in [0.29, 0.717) is 5.56 Å². The van der Waals surface area contributed by atoms with Crippen LogP contribution in [0.2, 0.25) is 0 Å². The van der Waals surface area contributed by atoms with Crippen molar-refractivity contribution in [2.75, 3.05) is 7.11 Å². The maximum atomic E-state index is 11.7. The van der Waals surface area contributed by atoms with Gasteiger partial charge in [-0.15, -0.1) is 0 Å². The Morgan fingerprint density at radius 1 is 1.59 bits per heavy atom. The molecule has 0 bridgehead atoms. The lowest BCUT2D eigenvalue weighted by Crippen LogP contribution is -2.41. The van der Waals surface area contributed by atoms with Crippen molar-refractivity contribution in [3.05, 3.63) is 22.4 Å². The van der Waals surface area contributed by atoms with Gasteiger partial charge in [-0.25, -0.2) is 0 Å². The van der Waals surface area contributed by atoms with Crippen LogP contribution in [-0.2, 0) is 14.1 Å². The van der Waals surface area contributed by atoms with Gasteiger partial charge in [0.25, 0.3) is 0 Å². The van der Waals surface area contributed by atoms with Gasteiger partial charge < -0.3 is 14.5 Å². The Labute approximate surface area is 104 Å². The minimum absolute atomic E-state index is 0.623. The molecule has 0 aliphatic carbocycles. The highest BCUT2D eigenvalue weighted by Crippen LogP contribution is 2.57. The van der Waals surface area contributed by atoms with Gasteiger partial charge in [-0.05, 0) is 29.3 Å². The van der Waals surface area contributed by atoms with Crippen LogP contribution < -0.4 is 0 Å². The van der Waals surface area contributed by atoms with Gasteiger partial charge in [0.05, 0.1) is 7.11 Å². The Bertz CT molecular complexity index is 438. The van der Waals surface area contributed by atoms with Gasteiger partial charge in [0.15, 0.2) is 5.16 Å². The lowest BCUT2D eigenvalue weighted by atomic mass is 9.90. The fraction of sp³-hybridized carbons (Fsp3) is 0.500. The van der Waals surface area contributed by atoms with E-state index in [1.807, 2.05) is 0 Å². The van der Waals surface area contributed by atoms with Gasteiger partial charge in [0.1, 0.15) is 0 Å². The quantitative estimate of drug-likeness (QED) is 0.649. The average Bonchev–Trinajstić information content (AvgIpc) is 2.77. The van der Waals surface area contributed by atoms with E-state index in [2.05, 4.69) is 4.74 Å². The number of esters is 1. The zero-order valence-electron chi connectivity index (χ0n) is 9.78. The molecule has 0 spiro atoms. The standard InChI is InChI=1S/C10H15O5PS/c1-7(8-4-5-17-6-8)10(2,9(11)15-3)16(12,13)14/h4-7H,1-3H3,(H2,12,13,14). The number of methoxy groups -OCH3 is 1. The lowest BCUT2D eigenvalue weighted by molar-refractivity contribution is -0.144. The molecule has 0 saturated heterocycles. The van der Waals surface area contributed by atoms with Gasteiger partial charge in [-0.2, -0.15) is 11.3 Å². The Morgan fingerprint density at radius 3 is 2.53 bits per heavy atom. The summed E-state index contributed by atoms with van der Waals surface area (Å²) in [6.07, 6.45) is 0. The van der Waals surface area contributed by atoms with Crippen LogP contribution in [0.3, 0.4) is 0 Å². The van der Waals surface area contributed by atoms with Crippen molar-refractivity contribution in [2.45, 2.75) is 24.9 Å². The molecule has 0 fully saturated rings. The molecule has 2 unspecified atom stereocenters. The van der Waals surface area contributed by atoms with E-state index in [0.717, 1.165) is 7.11 Å². The molecule has 0 aliphatic rings. The Hall–Kier alpha value is -0.680. The molecule has 1 aromatic rings. The molecule has 7 heteroatoms. The zero-order valence-corrected chi connectivity index (χ0v) is 11.5. The Balaban J connectivity index is 3.26. The smallest absolute Gasteiger partial charge is 0.343 e. The maximum Gasteiger partial charge on any atom is 0.343 e. The van der Waals surface area contributed by atoms with Crippen LogP contribution in [-0.4, -0.2) is 28.0 Å². The number of rotatable bonds is 4. The van der Waals surface area contributed by atoms with Gasteiger partial charge >= 0.3 is 13.6 Å². The highest BCUT2D eigenvalue weighted by molar-refractivity contribution is 7.54. The van der Waals surface area contributed by atoms with Crippen LogP contribution in [0.15, 0.2) is 16.8 Å². The zero-order chi connectivity index (χ0) is 13.3. The molecule has 5 nitrogen and oxygen atoms in total. The molecular weight excluding hydrogens is 263 g/mol. The van der Waals surface area contributed by atoms with Crippen molar-refractivity contribution in [1.82, 2.24) is 0 Å². The molecule has 0 amide bonds. The largest absolute Gasteiger partial charge is 0.468 e. The first-order valence-corrected chi connectivity index (χ1v) is 7.46. The fourth-order valence-electron chi connectivity index (χ4n) is 1.60. The van der Waals surface area contributed by atoms with Gasteiger partial charge in [0.2, 0.25) is 0 Å². The average molecular weight is 278 g/mol. The normalized spacial score (nSPS) is 17.2. The molecule has 0 aromatic carbocycles. The maximum absolute atomic E-state index is 11.7. The summed E-state index contributed by atoms with van der Waals surface area (Å²) in [5.74, 6) is -1.52. The van der Waals surface area contributed by atoms with E-state index in [1.54, 1.807) is 23.8 Å². The molecule has 2 N–H and O–H groups in total. The highest BCUT2D eigenvalue weighted by atomic mass is 32.1. The second-order valence-electron chi connectivity index (χ2n) is 3.96. The first-order chi connectivity index (χ1) is 7.75. The van der Waals surface area contributed by atoms with Crippen molar-refractivity contribution < 1.29 is 23.9 Å². The van der Waals surface area contributed by atoms with Crippen LogP contribution in [0.4, 0.5) is 0 Å². The summed E-state index contributed by atoms with van der Waals surface area (Å²) in [6.45, 7) is 2.85. The van der Waals surface area contributed by atoms with E-state index in [4.69, 9.17) is 0 Å². The fourth-order valence-corrected chi connectivity index (χ4v) is 3.34. The molecule has 17 heavy (non-hydrogen) atoms. The van der Waals surface area contributed by atoms with E-state index in [9.17, 15) is 19.1 Å². The number of hydrogen-bond acceptors (Lipinski definition) is 4. The monoisotopic (exact) mass is 278 g/mol. The first-order valence-electron chi connectivity index (χ1n) is 4.91. The van der Waals surface area contributed by atoms with E-state index < -0.39 is 24.6 Å². The minimum atomic E-state index is -4.63. The van der Waals surface area contributed by atoms with Gasteiger partial charge in [-0.3, -0.25) is 9.36 Å². The molecule has 0 saturated carbocycles. The predicted molar refractivity (Wildman–Crippen MR) is 65.2 cm³/mol.